The highest BCUT2D eigenvalue weighted by Gasteiger charge is 2.32. The van der Waals surface area contributed by atoms with Gasteiger partial charge in [0.05, 0.1) is 0 Å². The fourth-order valence-corrected chi connectivity index (χ4v) is 1.23. The van der Waals surface area contributed by atoms with Crippen LogP contribution in [0.5, 0.6) is 5.75 Å². The van der Waals surface area contributed by atoms with Crippen LogP contribution in [0.1, 0.15) is 17.6 Å². The molecule has 2 nitrogen and oxygen atoms in total. The van der Waals surface area contributed by atoms with Crippen LogP contribution in [0, 0.1) is 0 Å². The van der Waals surface area contributed by atoms with Crippen LogP contribution >= 0.6 is 0 Å². The molecule has 0 aromatic heterocycles. The average molecular weight is 241 g/mol. The van der Waals surface area contributed by atoms with Crippen molar-refractivity contribution >= 4 is 0 Å². The summed E-state index contributed by atoms with van der Waals surface area (Å²) in [6, 6.07) is 3.01. The van der Waals surface area contributed by atoms with Crippen LogP contribution < -0.4 is 10.5 Å². The Bertz CT molecular complexity index is 363. The standard InChI is InChI=1S/C9H8F5NO/c10-8(11)5-2-1-3-7(6(5)4-15)16-9(12,13)14/h1-3,8H,4,15H2. The Morgan fingerprint density at radius 1 is 1.25 bits per heavy atom. The molecule has 0 bridgehead atoms. The van der Waals surface area contributed by atoms with Gasteiger partial charge in [-0.1, -0.05) is 12.1 Å². The van der Waals surface area contributed by atoms with E-state index in [2.05, 4.69) is 4.74 Å². The number of hydrogen-bond acceptors (Lipinski definition) is 2. The molecule has 0 unspecified atom stereocenters. The molecule has 0 fully saturated rings. The maximum atomic E-state index is 12.4. The van der Waals surface area contributed by atoms with Crippen molar-refractivity contribution in [2.45, 2.75) is 19.3 Å². The van der Waals surface area contributed by atoms with Crippen LogP contribution in [-0.4, -0.2) is 6.36 Å². The summed E-state index contributed by atoms with van der Waals surface area (Å²) in [7, 11) is 0. The molecule has 0 amide bonds. The van der Waals surface area contributed by atoms with Crippen LogP contribution in [0.3, 0.4) is 0 Å². The van der Waals surface area contributed by atoms with E-state index >= 15 is 0 Å². The minimum absolute atomic E-state index is 0.338. The van der Waals surface area contributed by atoms with Crippen molar-refractivity contribution < 1.29 is 26.7 Å². The van der Waals surface area contributed by atoms with E-state index in [1.54, 1.807) is 0 Å². The maximum absolute atomic E-state index is 12.4. The van der Waals surface area contributed by atoms with E-state index < -0.39 is 30.6 Å². The third-order valence-corrected chi connectivity index (χ3v) is 1.83. The molecule has 0 saturated carbocycles. The number of rotatable bonds is 3. The monoisotopic (exact) mass is 241 g/mol. The maximum Gasteiger partial charge on any atom is 0.573 e. The Morgan fingerprint density at radius 3 is 2.31 bits per heavy atom. The lowest BCUT2D eigenvalue weighted by atomic mass is 10.1. The van der Waals surface area contributed by atoms with Gasteiger partial charge in [-0.05, 0) is 6.07 Å². The number of hydrogen-bond donors (Lipinski definition) is 1. The fourth-order valence-electron chi connectivity index (χ4n) is 1.23. The molecule has 1 aromatic carbocycles. The smallest absolute Gasteiger partial charge is 0.405 e. The second kappa shape index (κ2) is 4.65. The molecule has 0 saturated heterocycles. The van der Waals surface area contributed by atoms with Gasteiger partial charge in [-0.2, -0.15) is 0 Å². The van der Waals surface area contributed by atoms with Gasteiger partial charge in [0, 0.05) is 17.7 Å². The van der Waals surface area contributed by atoms with E-state index in [1.807, 2.05) is 0 Å². The molecule has 1 aromatic rings. The van der Waals surface area contributed by atoms with Crippen molar-refractivity contribution in [2.24, 2.45) is 5.73 Å². The van der Waals surface area contributed by atoms with E-state index in [4.69, 9.17) is 5.73 Å². The first-order valence-electron chi connectivity index (χ1n) is 4.21. The third kappa shape index (κ3) is 3.06. The summed E-state index contributed by atoms with van der Waals surface area (Å²) in [6.45, 7) is -0.452. The summed E-state index contributed by atoms with van der Waals surface area (Å²) in [5, 5.41) is 0. The van der Waals surface area contributed by atoms with E-state index in [1.165, 1.54) is 0 Å². The molecule has 7 heteroatoms. The molecule has 0 aliphatic heterocycles. The molecule has 90 valence electrons. The number of benzene rings is 1. The molecule has 2 N–H and O–H groups in total. The first kappa shape index (κ1) is 12.7. The second-order valence-electron chi connectivity index (χ2n) is 2.88. The van der Waals surface area contributed by atoms with E-state index in [0.29, 0.717) is 0 Å². The SMILES string of the molecule is NCc1c(OC(F)(F)F)cccc1C(F)F. The summed E-state index contributed by atoms with van der Waals surface area (Å²) in [5.74, 6) is -0.687. The van der Waals surface area contributed by atoms with Gasteiger partial charge in [0.15, 0.2) is 0 Å². The Hall–Kier alpha value is -1.37. The summed E-state index contributed by atoms with van der Waals surface area (Å²) in [6.07, 6.45) is -7.82. The third-order valence-electron chi connectivity index (χ3n) is 1.83. The van der Waals surface area contributed by atoms with Crippen molar-refractivity contribution in [2.75, 3.05) is 0 Å². The molecular weight excluding hydrogens is 233 g/mol. The molecule has 1 rings (SSSR count). The number of ether oxygens (including phenoxy) is 1. The van der Waals surface area contributed by atoms with E-state index in [-0.39, 0.29) is 5.56 Å². The highest BCUT2D eigenvalue weighted by Crippen LogP contribution is 2.32. The zero-order valence-corrected chi connectivity index (χ0v) is 7.89. The lowest BCUT2D eigenvalue weighted by Crippen LogP contribution is -2.19. The molecule has 0 aliphatic carbocycles. The molecule has 16 heavy (non-hydrogen) atoms. The summed E-state index contributed by atoms with van der Waals surface area (Å²) < 4.78 is 64.3. The Morgan fingerprint density at radius 2 is 1.88 bits per heavy atom. The van der Waals surface area contributed by atoms with Crippen molar-refractivity contribution in [3.63, 3.8) is 0 Å². The van der Waals surface area contributed by atoms with Crippen LogP contribution in [0.2, 0.25) is 0 Å². The molecule has 0 aliphatic rings. The molecule has 0 spiro atoms. The van der Waals surface area contributed by atoms with Crippen LogP contribution in [-0.2, 0) is 6.54 Å². The van der Waals surface area contributed by atoms with Crippen molar-refractivity contribution in [1.82, 2.24) is 0 Å². The average Bonchev–Trinajstić information content (AvgIpc) is 2.14. The zero-order chi connectivity index (χ0) is 12.3. The van der Waals surface area contributed by atoms with E-state index in [0.717, 1.165) is 18.2 Å². The van der Waals surface area contributed by atoms with Gasteiger partial charge in [0.25, 0.3) is 6.43 Å². The topological polar surface area (TPSA) is 35.2 Å². The number of nitrogens with two attached hydrogens (primary N) is 1. The van der Waals surface area contributed by atoms with Crippen LogP contribution in [0.25, 0.3) is 0 Å². The van der Waals surface area contributed by atoms with Crippen molar-refractivity contribution in [3.8, 4) is 5.75 Å². The van der Waals surface area contributed by atoms with Crippen molar-refractivity contribution in [1.29, 1.82) is 0 Å². The minimum Gasteiger partial charge on any atom is -0.405 e. The van der Waals surface area contributed by atoms with Gasteiger partial charge >= 0.3 is 6.36 Å². The van der Waals surface area contributed by atoms with Crippen LogP contribution in [0.15, 0.2) is 18.2 Å². The second-order valence-corrected chi connectivity index (χ2v) is 2.88. The highest BCUT2D eigenvalue weighted by atomic mass is 19.4. The van der Waals surface area contributed by atoms with Crippen molar-refractivity contribution in [3.05, 3.63) is 29.3 Å². The molecule has 0 atom stereocenters. The first-order chi connectivity index (χ1) is 7.35. The summed E-state index contributed by atoms with van der Waals surface area (Å²) >= 11 is 0. The highest BCUT2D eigenvalue weighted by molar-refractivity contribution is 5.41. The largest absolute Gasteiger partial charge is 0.573 e. The normalized spacial score (nSPS) is 11.9. The Kier molecular flexibility index (Phi) is 3.69. The summed E-state index contributed by atoms with van der Waals surface area (Å²) in [4.78, 5) is 0. The molecule has 0 radical (unpaired) electrons. The predicted octanol–water partition coefficient (Wildman–Crippen LogP) is 2.98. The first-order valence-corrected chi connectivity index (χ1v) is 4.21. The predicted molar refractivity (Wildman–Crippen MR) is 46.0 cm³/mol. The molecule has 0 heterocycles. The van der Waals surface area contributed by atoms with Gasteiger partial charge in [-0.15, -0.1) is 13.2 Å². The van der Waals surface area contributed by atoms with Gasteiger partial charge in [0.1, 0.15) is 5.75 Å². The Balaban J connectivity index is 3.14. The molecular formula is C9H8F5NO. The van der Waals surface area contributed by atoms with Gasteiger partial charge in [-0.25, -0.2) is 8.78 Å². The number of alkyl halides is 5. The van der Waals surface area contributed by atoms with Gasteiger partial charge in [0.2, 0.25) is 0 Å². The number of halogens is 5. The quantitative estimate of drug-likeness (QED) is 0.825. The van der Waals surface area contributed by atoms with Gasteiger partial charge in [-0.3, -0.25) is 0 Å². The van der Waals surface area contributed by atoms with E-state index in [9.17, 15) is 22.0 Å². The lowest BCUT2D eigenvalue weighted by Gasteiger charge is -2.15. The fraction of sp³-hybridized carbons (Fsp3) is 0.333. The Labute approximate surface area is 87.8 Å². The lowest BCUT2D eigenvalue weighted by molar-refractivity contribution is -0.274. The minimum atomic E-state index is -4.93. The van der Waals surface area contributed by atoms with Crippen LogP contribution in [0.4, 0.5) is 22.0 Å². The zero-order valence-electron chi connectivity index (χ0n) is 7.89. The summed E-state index contributed by atoms with van der Waals surface area (Å²) in [5.41, 5.74) is 4.24. The van der Waals surface area contributed by atoms with Gasteiger partial charge < -0.3 is 10.5 Å².